The van der Waals surface area contributed by atoms with Crippen molar-refractivity contribution >= 4 is 17.2 Å². The van der Waals surface area contributed by atoms with Crippen molar-refractivity contribution in [3.63, 3.8) is 0 Å². The van der Waals surface area contributed by atoms with Crippen molar-refractivity contribution in [2.75, 3.05) is 53.6 Å². The normalized spacial score (nSPS) is 16.7. The fourth-order valence-corrected chi connectivity index (χ4v) is 4.83. The van der Waals surface area contributed by atoms with Crippen molar-refractivity contribution in [3.8, 4) is 11.5 Å². The average Bonchev–Trinajstić information content (AvgIpc) is 3.30. The first-order valence-electron chi connectivity index (χ1n) is 11.1. The van der Waals surface area contributed by atoms with E-state index in [1.165, 1.54) is 4.88 Å². The summed E-state index contributed by atoms with van der Waals surface area (Å²) in [5.41, 5.74) is 1.16. The van der Waals surface area contributed by atoms with Crippen LogP contribution in [-0.2, 0) is 16.0 Å². The van der Waals surface area contributed by atoms with Crippen molar-refractivity contribution in [2.24, 2.45) is 0 Å². The van der Waals surface area contributed by atoms with Gasteiger partial charge in [0, 0.05) is 37.7 Å². The van der Waals surface area contributed by atoms with Gasteiger partial charge in [0.15, 0.2) is 0 Å². The molecule has 0 spiro atoms. The van der Waals surface area contributed by atoms with E-state index in [0.717, 1.165) is 17.7 Å². The van der Waals surface area contributed by atoms with Crippen molar-refractivity contribution in [2.45, 2.75) is 31.9 Å². The van der Waals surface area contributed by atoms with Gasteiger partial charge in [-0.2, -0.15) is 0 Å². The van der Waals surface area contributed by atoms with Gasteiger partial charge >= 0.3 is 0 Å². The van der Waals surface area contributed by atoms with Crippen LogP contribution in [0.25, 0.3) is 0 Å². The Hall–Kier alpha value is -2.13. The molecule has 0 radical (unpaired) electrons. The second kappa shape index (κ2) is 12.2. The van der Waals surface area contributed by atoms with Crippen LogP contribution in [0, 0.1) is 0 Å². The van der Waals surface area contributed by atoms with Gasteiger partial charge in [-0.05, 0) is 42.0 Å². The van der Waals surface area contributed by atoms with Gasteiger partial charge in [-0.25, -0.2) is 0 Å². The number of benzene rings is 1. The Morgan fingerprint density at radius 2 is 2.12 bits per heavy atom. The fourth-order valence-electron chi connectivity index (χ4n) is 3.91. The van der Waals surface area contributed by atoms with E-state index >= 15 is 0 Å². The van der Waals surface area contributed by atoms with Gasteiger partial charge in [-0.1, -0.05) is 13.0 Å². The monoisotopic (exact) mass is 462 g/mol. The highest BCUT2D eigenvalue weighted by Crippen LogP contribution is 2.34. The maximum Gasteiger partial charge on any atom is 0.237 e. The lowest BCUT2D eigenvalue weighted by atomic mass is 10.0. The van der Waals surface area contributed by atoms with Crippen LogP contribution in [0.5, 0.6) is 11.5 Å². The van der Waals surface area contributed by atoms with Gasteiger partial charge in [0.1, 0.15) is 18.1 Å². The number of ether oxygens (including phenoxy) is 3. The van der Waals surface area contributed by atoms with Crippen molar-refractivity contribution in [1.29, 1.82) is 0 Å². The van der Waals surface area contributed by atoms with Crippen LogP contribution in [0.15, 0.2) is 35.7 Å². The van der Waals surface area contributed by atoms with Crippen LogP contribution in [0.4, 0.5) is 0 Å². The largest absolute Gasteiger partial charge is 0.497 e. The van der Waals surface area contributed by atoms with Crippen molar-refractivity contribution < 1.29 is 24.1 Å². The van der Waals surface area contributed by atoms with E-state index in [1.807, 2.05) is 41.0 Å². The predicted molar refractivity (Wildman–Crippen MR) is 126 cm³/mol. The molecule has 1 amide bonds. The number of carbonyl (C=O) groups is 1. The van der Waals surface area contributed by atoms with E-state index in [2.05, 4.69) is 11.4 Å². The van der Waals surface area contributed by atoms with E-state index in [9.17, 15) is 9.90 Å². The quantitative estimate of drug-likeness (QED) is 0.523. The van der Waals surface area contributed by atoms with Crippen LogP contribution in [0.1, 0.15) is 29.8 Å². The minimum absolute atomic E-state index is 0.0421. The van der Waals surface area contributed by atoms with Crippen LogP contribution >= 0.6 is 11.3 Å². The number of fused-ring (bicyclic) bond motifs is 1. The summed E-state index contributed by atoms with van der Waals surface area (Å²) in [5, 5.41) is 12.2. The molecular weight excluding hydrogens is 428 g/mol. The standard InChI is InChI=1S/C24H34N2O5S/c1-4-18(27)15-25(11-12-29-2)16-24(28)26-10-8-23-21(9-13-32-23)22(26)17-31-20-7-5-6-19(14-20)30-3/h5-7,9,13-14,18,22,27H,4,8,10-12,15-17H2,1-3H3/t18-,22+/m0/s1. The van der Waals surface area contributed by atoms with Crippen LogP contribution in [0.2, 0.25) is 0 Å². The molecular formula is C24H34N2O5S. The highest BCUT2D eigenvalue weighted by Gasteiger charge is 2.33. The molecule has 0 saturated heterocycles. The molecule has 7 nitrogen and oxygen atoms in total. The zero-order chi connectivity index (χ0) is 22.9. The Balaban J connectivity index is 1.72. The van der Waals surface area contributed by atoms with Gasteiger partial charge in [0.25, 0.3) is 0 Å². The lowest BCUT2D eigenvalue weighted by Gasteiger charge is -2.37. The molecule has 2 aromatic rings. The molecule has 3 rings (SSSR count). The molecule has 8 heteroatoms. The van der Waals surface area contributed by atoms with Crippen molar-refractivity contribution in [3.05, 3.63) is 46.2 Å². The van der Waals surface area contributed by atoms with E-state index in [1.54, 1.807) is 25.6 Å². The molecule has 1 aliphatic heterocycles. The Morgan fingerprint density at radius 1 is 1.31 bits per heavy atom. The van der Waals surface area contributed by atoms with Crippen molar-refractivity contribution in [1.82, 2.24) is 9.80 Å². The number of hydrogen-bond donors (Lipinski definition) is 1. The van der Waals surface area contributed by atoms with Gasteiger partial charge in [-0.3, -0.25) is 9.69 Å². The third-order valence-electron chi connectivity index (χ3n) is 5.77. The zero-order valence-electron chi connectivity index (χ0n) is 19.2. The molecule has 1 aromatic heterocycles. The minimum Gasteiger partial charge on any atom is -0.497 e. The molecule has 176 valence electrons. The Morgan fingerprint density at radius 3 is 2.88 bits per heavy atom. The van der Waals surface area contributed by atoms with Gasteiger partial charge in [0.2, 0.25) is 5.91 Å². The van der Waals surface area contributed by atoms with E-state index < -0.39 is 6.10 Å². The number of aliphatic hydroxyl groups is 1. The number of thiophene rings is 1. The number of amides is 1. The average molecular weight is 463 g/mol. The molecule has 0 unspecified atom stereocenters. The van der Waals surface area contributed by atoms with Gasteiger partial charge in [-0.15, -0.1) is 11.3 Å². The maximum absolute atomic E-state index is 13.4. The van der Waals surface area contributed by atoms with Gasteiger partial charge in [0.05, 0.1) is 32.4 Å². The summed E-state index contributed by atoms with van der Waals surface area (Å²) in [6, 6.07) is 9.46. The Labute approximate surface area is 194 Å². The molecule has 0 fully saturated rings. The number of aliphatic hydroxyl groups excluding tert-OH is 1. The highest BCUT2D eigenvalue weighted by molar-refractivity contribution is 7.10. The lowest BCUT2D eigenvalue weighted by molar-refractivity contribution is -0.136. The number of hydrogen-bond acceptors (Lipinski definition) is 7. The summed E-state index contributed by atoms with van der Waals surface area (Å²) in [7, 11) is 3.27. The second-order valence-electron chi connectivity index (χ2n) is 7.93. The first kappa shape index (κ1) is 24.5. The summed E-state index contributed by atoms with van der Waals surface area (Å²) in [6.07, 6.45) is 1.04. The molecule has 32 heavy (non-hydrogen) atoms. The molecule has 1 aromatic carbocycles. The van der Waals surface area contributed by atoms with Crippen LogP contribution in [-0.4, -0.2) is 80.5 Å². The van der Waals surface area contributed by atoms with E-state index in [4.69, 9.17) is 14.2 Å². The Bertz CT molecular complexity index is 858. The summed E-state index contributed by atoms with van der Waals surface area (Å²) in [5.74, 6) is 1.49. The second-order valence-corrected chi connectivity index (χ2v) is 8.93. The third-order valence-corrected chi connectivity index (χ3v) is 6.77. The minimum atomic E-state index is -0.461. The summed E-state index contributed by atoms with van der Waals surface area (Å²) >= 11 is 1.73. The lowest BCUT2D eigenvalue weighted by Crippen LogP contribution is -2.48. The highest BCUT2D eigenvalue weighted by atomic mass is 32.1. The fraction of sp³-hybridized carbons (Fsp3) is 0.542. The first-order valence-corrected chi connectivity index (χ1v) is 12.0. The molecule has 1 aliphatic rings. The van der Waals surface area contributed by atoms with E-state index in [0.29, 0.717) is 45.0 Å². The summed E-state index contributed by atoms with van der Waals surface area (Å²) in [4.78, 5) is 18.6. The summed E-state index contributed by atoms with van der Waals surface area (Å²) < 4.78 is 16.6. The molecule has 2 atom stereocenters. The number of nitrogens with zero attached hydrogens (tertiary/aromatic N) is 2. The molecule has 0 saturated carbocycles. The van der Waals surface area contributed by atoms with E-state index in [-0.39, 0.29) is 18.5 Å². The smallest absolute Gasteiger partial charge is 0.237 e. The molecule has 0 bridgehead atoms. The number of carbonyl (C=O) groups excluding carboxylic acids is 1. The molecule has 1 N–H and O–H groups in total. The predicted octanol–water partition coefficient (Wildman–Crippen LogP) is 2.98. The SMILES string of the molecule is CC[C@H](O)CN(CCOC)CC(=O)N1CCc2sccc2[C@H]1COc1cccc(OC)c1. The maximum atomic E-state index is 13.4. The first-order chi connectivity index (χ1) is 15.5. The number of rotatable bonds is 12. The van der Waals surface area contributed by atoms with Crippen LogP contribution in [0.3, 0.4) is 0 Å². The topological polar surface area (TPSA) is 71.5 Å². The molecule has 0 aliphatic carbocycles. The summed E-state index contributed by atoms with van der Waals surface area (Å²) in [6.45, 7) is 4.78. The van der Waals surface area contributed by atoms with Crippen LogP contribution < -0.4 is 9.47 Å². The molecule has 2 heterocycles. The Kier molecular flexibility index (Phi) is 9.35. The number of methoxy groups -OCH3 is 2. The zero-order valence-corrected chi connectivity index (χ0v) is 20.0. The van der Waals surface area contributed by atoms with Gasteiger partial charge < -0.3 is 24.2 Å². The third kappa shape index (κ3) is 6.45.